The fourth-order valence-corrected chi connectivity index (χ4v) is 3.38. The highest BCUT2D eigenvalue weighted by Crippen LogP contribution is 2.21. The molecular formula is C19H17Cl2N5. The molecule has 0 amide bonds. The molecule has 0 radical (unpaired) electrons. The molecule has 4 rings (SSSR count). The molecule has 1 unspecified atom stereocenters. The van der Waals surface area contributed by atoms with Crippen LogP contribution in [0.15, 0.2) is 47.7 Å². The lowest BCUT2D eigenvalue weighted by Crippen LogP contribution is -2.29. The average molecular weight is 386 g/mol. The molecule has 0 spiro atoms. The van der Waals surface area contributed by atoms with Crippen molar-refractivity contribution in [3.05, 3.63) is 69.6 Å². The summed E-state index contributed by atoms with van der Waals surface area (Å²) < 4.78 is 0. The monoisotopic (exact) mass is 385 g/mol. The molecule has 26 heavy (non-hydrogen) atoms. The predicted molar refractivity (Wildman–Crippen MR) is 106 cm³/mol. The highest BCUT2D eigenvalue weighted by atomic mass is 35.5. The van der Waals surface area contributed by atoms with E-state index in [2.05, 4.69) is 32.4 Å². The van der Waals surface area contributed by atoms with Gasteiger partial charge in [-0.1, -0.05) is 41.4 Å². The van der Waals surface area contributed by atoms with Crippen molar-refractivity contribution in [1.82, 2.24) is 20.3 Å². The van der Waals surface area contributed by atoms with Crippen molar-refractivity contribution >= 4 is 40.1 Å². The highest BCUT2D eigenvalue weighted by Gasteiger charge is 2.16. The van der Waals surface area contributed by atoms with E-state index in [4.69, 9.17) is 28.2 Å². The first-order valence-corrected chi connectivity index (χ1v) is 9.08. The number of aryl methyl sites for hydroxylation is 1. The van der Waals surface area contributed by atoms with Crippen LogP contribution in [0.2, 0.25) is 10.2 Å². The second-order valence-corrected chi connectivity index (χ2v) is 7.03. The Bertz CT molecular complexity index is 1020. The number of nitrogens with one attached hydrogen (secondary N) is 2. The fourth-order valence-electron chi connectivity index (χ4n) is 2.95. The van der Waals surface area contributed by atoms with E-state index < -0.39 is 0 Å². The number of fused-ring (bicyclic) bond motifs is 1. The number of allylic oxidation sites excluding steroid dienone is 1. The Kier molecular flexibility index (Phi) is 4.76. The Labute approximate surface area is 161 Å². The van der Waals surface area contributed by atoms with Crippen LogP contribution in [-0.4, -0.2) is 26.8 Å². The van der Waals surface area contributed by atoms with Gasteiger partial charge in [0.2, 0.25) is 0 Å². The van der Waals surface area contributed by atoms with Crippen molar-refractivity contribution in [3.63, 3.8) is 0 Å². The van der Waals surface area contributed by atoms with Gasteiger partial charge in [0, 0.05) is 29.7 Å². The molecule has 1 aliphatic heterocycles. The van der Waals surface area contributed by atoms with E-state index in [-0.39, 0.29) is 6.17 Å². The van der Waals surface area contributed by atoms with Crippen LogP contribution in [0.3, 0.4) is 0 Å². The molecule has 3 heterocycles. The molecular weight excluding hydrogens is 369 g/mol. The SMILES string of the molecule is Cc1ccc(CNC2CC=CC(c3c[nH]c4ncc(Cl)nc34)=N2)c(Cl)c1. The minimum absolute atomic E-state index is 0.0236. The third-order valence-electron chi connectivity index (χ3n) is 4.29. The van der Waals surface area contributed by atoms with Gasteiger partial charge in [-0.05, 0) is 30.2 Å². The normalized spacial score (nSPS) is 16.9. The lowest BCUT2D eigenvalue weighted by atomic mass is 10.1. The van der Waals surface area contributed by atoms with Gasteiger partial charge in [0.15, 0.2) is 5.65 Å². The number of aliphatic imine (C=N–C) groups is 1. The average Bonchev–Trinajstić information content (AvgIpc) is 3.04. The number of H-pyrrole nitrogens is 1. The van der Waals surface area contributed by atoms with Gasteiger partial charge in [-0.15, -0.1) is 0 Å². The molecule has 0 aliphatic carbocycles. The quantitative estimate of drug-likeness (QED) is 0.697. The number of hydrogen-bond acceptors (Lipinski definition) is 4. The van der Waals surface area contributed by atoms with Gasteiger partial charge in [0.1, 0.15) is 16.8 Å². The van der Waals surface area contributed by atoms with E-state index in [1.807, 2.05) is 31.3 Å². The molecule has 2 N–H and O–H groups in total. The maximum Gasteiger partial charge on any atom is 0.156 e. The Morgan fingerprint density at radius 3 is 3.04 bits per heavy atom. The van der Waals surface area contributed by atoms with E-state index in [1.165, 1.54) is 6.20 Å². The molecule has 5 nitrogen and oxygen atoms in total. The number of benzene rings is 1. The van der Waals surface area contributed by atoms with Crippen LogP contribution in [0.25, 0.3) is 11.2 Å². The summed E-state index contributed by atoms with van der Waals surface area (Å²) in [6.45, 7) is 2.69. The number of hydrogen-bond donors (Lipinski definition) is 2. The van der Waals surface area contributed by atoms with Gasteiger partial charge in [-0.25, -0.2) is 9.97 Å². The fraction of sp³-hybridized carbons (Fsp3) is 0.211. The lowest BCUT2D eigenvalue weighted by molar-refractivity contribution is 0.532. The van der Waals surface area contributed by atoms with Crippen molar-refractivity contribution in [1.29, 1.82) is 0 Å². The zero-order valence-corrected chi connectivity index (χ0v) is 15.6. The topological polar surface area (TPSA) is 66.0 Å². The van der Waals surface area contributed by atoms with Crippen LogP contribution in [0.4, 0.5) is 0 Å². The molecule has 3 aromatic rings. The van der Waals surface area contributed by atoms with Gasteiger partial charge in [-0.2, -0.15) is 0 Å². The number of nitrogens with zero attached hydrogens (tertiary/aromatic N) is 3. The van der Waals surface area contributed by atoms with Crippen molar-refractivity contribution < 1.29 is 0 Å². The predicted octanol–water partition coefficient (Wildman–Crippen LogP) is 4.44. The Morgan fingerprint density at radius 2 is 2.19 bits per heavy atom. The van der Waals surface area contributed by atoms with Gasteiger partial charge in [-0.3, -0.25) is 10.3 Å². The van der Waals surface area contributed by atoms with Crippen molar-refractivity contribution in [2.75, 3.05) is 0 Å². The molecule has 0 bridgehead atoms. The van der Waals surface area contributed by atoms with Crippen molar-refractivity contribution in [3.8, 4) is 0 Å². The lowest BCUT2D eigenvalue weighted by Gasteiger charge is -2.18. The summed E-state index contributed by atoms with van der Waals surface area (Å²) in [5.74, 6) is 0. The first kappa shape index (κ1) is 17.2. The molecule has 2 aromatic heterocycles. The van der Waals surface area contributed by atoms with E-state index in [1.54, 1.807) is 0 Å². The third kappa shape index (κ3) is 3.51. The van der Waals surface area contributed by atoms with Crippen LogP contribution in [0.1, 0.15) is 23.1 Å². The van der Waals surface area contributed by atoms with E-state index >= 15 is 0 Å². The van der Waals surface area contributed by atoms with Gasteiger partial charge in [0.25, 0.3) is 0 Å². The standard InChI is InChI=1S/C19H17Cl2N5/c1-11-5-6-12(14(20)7-11)8-22-17-4-2-3-15(25-17)13-9-23-19-18(13)26-16(21)10-24-19/h2-3,5-7,9-10,17,22H,4,8H2,1H3,(H,23,24). The highest BCUT2D eigenvalue weighted by molar-refractivity contribution is 6.31. The third-order valence-corrected chi connectivity index (χ3v) is 4.83. The Balaban J connectivity index is 1.55. The van der Waals surface area contributed by atoms with Gasteiger partial charge >= 0.3 is 0 Å². The van der Waals surface area contributed by atoms with Gasteiger partial charge in [0.05, 0.1) is 11.9 Å². The number of aromatic nitrogens is 3. The van der Waals surface area contributed by atoms with E-state index in [9.17, 15) is 0 Å². The summed E-state index contributed by atoms with van der Waals surface area (Å²) in [5.41, 5.74) is 5.38. The maximum absolute atomic E-state index is 6.32. The largest absolute Gasteiger partial charge is 0.344 e. The molecule has 7 heteroatoms. The number of dihydropyridines is 1. The molecule has 1 aliphatic rings. The first-order valence-electron chi connectivity index (χ1n) is 8.33. The molecule has 0 saturated carbocycles. The second-order valence-electron chi connectivity index (χ2n) is 6.24. The Hall–Kier alpha value is -2.21. The summed E-state index contributed by atoms with van der Waals surface area (Å²) in [5, 5.41) is 4.59. The number of aromatic amines is 1. The van der Waals surface area contributed by atoms with Crippen molar-refractivity contribution in [2.24, 2.45) is 4.99 Å². The smallest absolute Gasteiger partial charge is 0.156 e. The van der Waals surface area contributed by atoms with Crippen LogP contribution < -0.4 is 5.32 Å². The molecule has 0 saturated heterocycles. The molecule has 0 fully saturated rings. The van der Waals surface area contributed by atoms with Crippen molar-refractivity contribution in [2.45, 2.75) is 26.1 Å². The maximum atomic E-state index is 6.32. The zero-order chi connectivity index (χ0) is 18.1. The first-order chi connectivity index (χ1) is 12.6. The Morgan fingerprint density at radius 1 is 1.31 bits per heavy atom. The zero-order valence-electron chi connectivity index (χ0n) is 14.1. The molecule has 1 aromatic carbocycles. The van der Waals surface area contributed by atoms with E-state index in [0.717, 1.165) is 39.4 Å². The summed E-state index contributed by atoms with van der Waals surface area (Å²) in [7, 11) is 0. The van der Waals surface area contributed by atoms with Crippen LogP contribution in [0, 0.1) is 6.92 Å². The molecule has 132 valence electrons. The van der Waals surface area contributed by atoms with Crippen LogP contribution >= 0.6 is 23.2 Å². The second kappa shape index (κ2) is 7.19. The summed E-state index contributed by atoms with van der Waals surface area (Å²) in [4.78, 5) is 16.5. The summed E-state index contributed by atoms with van der Waals surface area (Å²) >= 11 is 12.3. The van der Waals surface area contributed by atoms with Crippen LogP contribution in [0.5, 0.6) is 0 Å². The number of halogens is 2. The van der Waals surface area contributed by atoms with Crippen LogP contribution in [-0.2, 0) is 6.54 Å². The minimum atomic E-state index is -0.0236. The minimum Gasteiger partial charge on any atom is -0.344 e. The van der Waals surface area contributed by atoms with Gasteiger partial charge < -0.3 is 4.98 Å². The van der Waals surface area contributed by atoms with E-state index in [0.29, 0.717) is 17.3 Å². The summed E-state index contributed by atoms with van der Waals surface area (Å²) in [6.07, 6.45) is 8.30. The number of rotatable bonds is 4. The summed E-state index contributed by atoms with van der Waals surface area (Å²) in [6, 6.07) is 6.08. The molecule has 1 atom stereocenters.